The van der Waals surface area contributed by atoms with E-state index in [1.807, 2.05) is 0 Å². The second-order valence-electron chi connectivity index (χ2n) is 6.24. The van der Waals surface area contributed by atoms with E-state index in [1.54, 1.807) is 0 Å². The highest BCUT2D eigenvalue weighted by molar-refractivity contribution is 5.39. The van der Waals surface area contributed by atoms with E-state index in [4.69, 9.17) is 5.73 Å². The molecule has 0 bridgehead atoms. The van der Waals surface area contributed by atoms with Gasteiger partial charge in [-0.2, -0.15) is 0 Å². The molecule has 1 aromatic carbocycles. The monoisotopic (exact) mass is 215 g/mol. The predicted octanol–water partition coefficient (Wildman–Crippen LogP) is 3.23. The van der Waals surface area contributed by atoms with E-state index in [2.05, 4.69) is 38.1 Å². The molecule has 0 spiro atoms. The van der Waals surface area contributed by atoms with Crippen LogP contribution in [0.3, 0.4) is 0 Å². The molecule has 2 unspecified atom stereocenters. The van der Waals surface area contributed by atoms with Crippen LogP contribution in [-0.2, 0) is 6.42 Å². The average molecular weight is 215 g/mol. The minimum Gasteiger partial charge on any atom is -0.324 e. The van der Waals surface area contributed by atoms with Gasteiger partial charge < -0.3 is 5.73 Å². The second-order valence-corrected chi connectivity index (χ2v) is 6.24. The van der Waals surface area contributed by atoms with Crippen LogP contribution in [0, 0.1) is 5.41 Å². The van der Waals surface area contributed by atoms with Crippen molar-refractivity contribution in [3.05, 3.63) is 35.4 Å². The molecular formula is C15H21N. The molecule has 1 nitrogen and oxygen atoms in total. The molecular weight excluding hydrogens is 194 g/mol. The molecule has 16 heavy (non-hydrogen) atoms. The van der Waals surface area contributed by atoms with Crippen LogP contribution in [0.4, 0.5) is 0 Å². The molecule has 86 valence electrons. The van der Waals surface area contributed by atoms with Gasteiger partial charge in [0.2, 0.25) is 0 Å². The number of fused-ring (bicyclic) bond motifs is 1. The molecule has 0 radical (unpaired) electrons. The predicted molar refractivity (Wildman–Crippen MR) is 67.4 cm³/mol. The highest BCUT2D eigenvalue weighted by Crippen LogP contribution is 2.62. The second kappa shape index (κ2) is 3.10. The lowest BCUT2D eigenvalue weighted by molar-refractivity contribution is 0.378. The van der Waals surface area contributed by atoms with Crippen molar-refractivity contribution in [2.75, 3.05) is 0 Å². The summed E-state index contributed by atoms with van der Waals surface area (Å²) in [6.45, 7) is 4.62. The maximum Gasteiger partial charge on any atom is 0.0282 e. The molecule has 1 fully saturated rings. The molecule has 1 saturated carbocycles. The van der Waals surface area contributed by atoms with E-state index in [1.165, 1.54) is 36.8 Å². The van der Waals surface area contributed by atoms with Gasteiger partial charge in [-0.15, -0.1) is 0 Å². The van der Waals surface area contributed by atoms with Crippen molar-refractivity contribution in [1.82, 2.24) is 0 Å². The van der Waals surface area contributed by atoms with Gasteiger partial charge in [-0.3, -0.25) is 0 Å². The van der Waals surface area contributed by atoms with Gasteiger partial charge in [0.15, 0.2) is 0 Å². The van der Waals surface area contributed by atoms with Crippen molar-refractivity contribution in [2.45, 2.75) is 51.0 Å². The first kappa shape index (κ1) is 10.3. The molecule has 2 N–H and O–H groups in total. The first-order valence-corrected chi connectivity index (χ1v) is 6.41. The summed E-state index contributed by atoms with van der Waals surface area (Å²) in [5, 5.41) is 0. The lowest BCUT2D eigenvalue weighted by Crippen LogP contribution is -2.37. The number of hydrogen-bond acceptors (Lipinski definition) is 1. The Balaban J connectivity index is 2.00. The van der Waals surface area contributed by atoms with E-state index in [9.17, 15) is 0 Å². The van der Waals surface area contributed by atoms with Gasteiger partial charge in [0.05, 0.1) is 0 Å². The van der Waals surface area contributed by atoms with Crippen molar-refractivity contribution in [3.63, 3.8) is 0 Å². The minimum atomic E-state index is 0.0591. The van der Waals surface area contributed by atoms with E-state index < -0.39 is 0 Å². The Morgan fingerprint density at radius 1 is 1.25 bits per heavy atom. The number of benzene rings is 1. The van der Waals surface area contributed by atoms with Crippen LogP contribution >= 0.6 is 0 Å². The Kier molecular flexibility index (Phi) is 2.00. The molecule has 0 aliphatic heterocycles. The maximum atomic E-state index is 6.61. The standard InChI is InChI=1S/C15H21N/c1-14(2)10-15(14,16)13-9-5-7-11-6-3-4-8-12(11)13/h3-4,6,8,13H,5,7,9-10,16H2,1-2H3. The summed E-state index contributed by atoms with van der Waals surface area (Å²) in [4.78, 5) is 0. The molecule has 0 amide bonds. The van der Waals surface area contributed by atoms with Crippen molar-refractivity contribution in [1.29, 1.82) is 0 Å². The SMILES string of the molecule is CC1(C)CC1(N)C1CCCc2ccccc21. The Morgan fingerprint density at radius 3 is 2.62 bits per heavy atom. The topological polar surface area (TPSA) is 26.0 Å². The summed E-state index contributed by atoms with van der Waals surface area (Å²) < 4.78 is 0. The van der Waals surface area contributed by atoms with Crippen LogP contribution in [0.15, 0.2) is 24.3 Å². The fraction of sp³-hybridized carbons (Fsp3) is 0.600. The normalized spacial score (nSPS) is 35.6. The van der Waals surface area contributed by atoms with Gasteiger partial charge in [-0.25, -0.2) is 0 Å². The molecule has 0 saturated heterocycles. The minimum absolute atomic E-state index is 0.0591. The lowest BCUT2D eigenvalue weighted by atomic mass is 9.75. The zero-order valence-corrected chi connectivity index (χ0v) is 10.3. The van der Waals surface area contributed by atoms with Crippen molar-refractivity contribution < 1.29 is 0 Å². The smallest absolute Gasteiger partial charge is 0.0282 e. The van der Waals surface area contributed by atoms with E-state index >= 15 is 0 Å². The first-order valence-electron chi connectivity index (χ1n) is 6.41. The molecule has 0 heterocycles. The summed E-state index contributed by atoms with van der Waals surface area (Å²) in [7, 11) is 0. The third kappa shape index (κ3) is 1.27. The van der Waals surface area contributed by atoms with Gasteiger partial charge in [-0.1, -0.05) is 38.1 Å². The highest BCUT2D eigenvalue weighted by Gasteiger charge is 2.62. The van der Waals surface area contributed by atoms with Crippen molar-refractivity contribution in [3.8, 4) is 0 Å². The largest absolute Gasteiger partial charge is 0.324 e. The molecule has 2 aliphatic rings. The molecule has 2 atom stereocenters. The molecule has 2 aliphatic carbocycles. The Morgan fingerprint density at radius 2 is 1.94 bits per heavy atom. The van der Waals surface area contributed by atoms with Crippen LogP contribution in [0.2, 0.25) is 0 Å². The fourth-order valence-corrected chi connectivity index (χ4v) is 3.57. The first-order chi connectivity index (χ1) is 7.55. The van der Waals surface area contributed by atoms with Gasteiger partial charge in [0, 0.05) is 11.5 Å². The summed E-state index contributed by atoms with van der Waals surface area (Å²) >= 11 is 0. The lowest BCUT2D eigenvalue weighted by Gasteiger charge is -2.32. The Labute approximate surface area is 98.0 Å². The quantitative estimate of drug-likeness (QED) is 0.764. The average Bonchev–Trinajstić information content (AvgIpc) is 2.78. The van der Waals surface area contributed by atoms with Crippen LogP contribution in [-0.4, -0.2) is 5.54 Å². The van der Waals surface area contributed by atoms with Gasteiger partial charge in [0.1, 0.15) is 0 Å². The van der Waals surface area contributed by atoms with E-state index in [-0.39, 0.29) is 5.54 Å². The van der Waals surface area contributed by atoms with Gasteiger partial charge in [0.25, 0.3) is 0 Å². The van der Waals surface area contributed by atoms with Gasteiger partial charge >= 0.3 is 0 Å². The van der Waals surface area contributed by atoms with E-state index in [0.717, 1.165) is 0 Å². The highest BCUT2D eigenvalue weighted by atomic mass is 14.9. The Hall–Kier alpha value is -0.820. The number of rotatable bonds is 1. The summed E-state index contributed by atoms with van der Waals surface area (Å²) in [5.41, 5.74) is 10.1. The number of aryl methyl sites for hydroxylation is 1. The zero-order valence-electron chi connectivity index (χ0n) is 10.3. The zero-order chi connectivity index (χ0) is 11.4. The third-order valence-electron chi connectivity index (χ3n) is 4.86. The third-order valence-corrected chi connectivity index (χ3v) is 4.86. The van der Waals surface area contributed by atoms with E-state index in [0.29, 0.717) is 11.3 Å². The van der Waals surface area contributed by atoms with Crippen LogP contribution in [0.1, 0.15) is 50.2 Å². The van der Waals surface area contributed by atoms with Crippen LogP contribution < -0.4 is 5.73 Å². The maximum absolute atomic E-state index is 6.61. The number of hydrogen-bond donors (Lipinski definition) is 1. The molecule has 0 aromatic heterocycles. The van der Waals surface area contributed by atoms with Gasteiger partial charge in [-0.05, 0) is 42.2 Å². The molecule has 1 heteroatoms. The number of nitrogens with two attached hydrogens (primary N) is 1. The fourth-order valence-electron chi connectivity index (χ4n) is 3.57. The summed E-state index contributed by atoms with van der Waals surface area (Å²) in [5.74, 6) is 0.590. The van der Waals surface area contributed by atoms with Crippen LogP contribution in [0.5, 0.6) is 0 Å². The van der Waals surface area contributed by atoms with Crippen LogP contribution in [0.25, 0.3) is 0 Å². The summed E-state index contributed by atoms with van der Waals surface area (Å²) in [6.07, 6.45) is 5.00. The summed E-state index contributed by atoms with van der Waals surface area (Å²) in [6, 6.07) is 8.89. The van der Waals surface area contributed by atoms with Crippen molar-refractivity contribution >= 4 is 0 Å². The Bertz CT molecular complexity index is 421. The van der Waals surface area contributed by atoms with Crippen molar-refractivity contribution in [2.24, 2.45) is 11.1 Å². The molecule has 1 aromatic rings. The molecule has 3 rings (SSSR count).